The number of aryl methyl sites for hydroxylation is 1. The Morgan fingerprint density at radius 2 is 1.72 bits per heavy atom. The van der Waals surface area contributed by atoms with E-state index in [4.69, 9.17) is 4.74 Å². The van der Waals surface area contributed by atoms with Gasteiger partial charge in [0.05, 0.1) is 19.7 Å². The van der Waals surface area contributed by atoms with Crippen molar-refractivity contribution in [1.29, 1.82) is 0 Å². The standard InChI is InChI=1S/C24H30N4O3S/c1-28-16-17(15-25-28)14-22(29)27-23(18-6-10-20(31-2)11-7-18)24(30)26-19-8-12-21(13-9-19)32(3,4)5/h6-13,15-16,23H,14H2,1-5H3,(H,26,30)(H,27,29). The first-order valence-corrected chi connectivity index (χ1v) is 13.0. The lowest BCUT2D eigenvalue weighted by molar-refractivity contribution is -0.126. The summed E-state index contributed by atoms with van der Waals surface area (Å²) in [6.07, 6.45) is 10.2. The predicted octanol–water partition coefficient (Wildman–Crippen LogP) is 3.52. The van der Waals surface area contributed by atoms with Crippen LogP contribution in [0.15, 0.2) is 65.8 Å². The highest BCUT2D eigenvalue weighted by atomic mass is 32.3. The minimum atomic E-state index is -0.849. The van der Waals surface area contributed by atoms with Crippen LogP contribution >= 0.6 is 10.0 Å². The van der Waals surface area contributed by atoms with Crippen molar-refractivity contribution in [2.24, 2.45) is 7.05 Å². The zero-order valence-electron chi connectivity index (χ0n) is 19.1. The molecule has 7 nitrogen and oxygen atoms in total. The molecule has 0 aliphatic carbocycles. The lowest BCUT2D eigenvalue weighted by Gasteiger charge is -2.26. The summed E-state index contributed by atoms with van der Waals surface area (Å²) in [6.45, 7) is 0. The van der Waals surface area contributed by atoms with Crippen LogP contribution in [0.25, 0.3) is 0 Å². The van der Waals surface area contributed by atoms with Gasteiger partial charge in [0.2, 0.25) is 5.91 Å². The van der Waals surface area contributed by atoms with Gasteiger partial charge in [-0.25, -0.2) is 10.0 Å². The SMILES string of the molecule is COc1ccc(C(NC(=O)Cc2cnn(C)c2)C(=O)Nc2ccc(S(C)(C)C)cc2)cc1. The molecule has 0 saturated carbocycles. The largest absolute Gasteiger partial charge is 0.497 e. The number of carbonyl (C=O) groups excluding carboxylic acids is 2. The molecule has 1 atom stereocenters. The van der Waals surface area contributed by atoms with Crippen molar-refractivity contribution in [3.05, 3.63) is 72.1 Å². The summed E-state index contributed by atoms with van der Waals surface area (Å²) in [5, 5.41) is 9.87. The van der Waals surface area contributed by atoms with Crippen LogP contribution in [0, 0.1) is 0 Å². The number of amides is 2. The van der Waals surface area contributed by atoms with Crippen molar-refractivity contribution < 1.29 is 14.3 Å². The molecule has 3 aromatic rings. The van der Waals surface area contributed by atoms with Gasteiger partial charge in [0.15, 0.2) is 0 Å². The maximum Gasteiger partial charge on any atom is 0.251 e. The third-order valence-electron chi connectivity index (χ3n) is 4.97. The molecule has 1 heterocycles. The van der Waals surface area contributed by atoms with Crippen LogP contribution in [0.3, 0.4) is 0 Å². The summed E-state index contributed by atoms with van der Waals surface area (Å²) < 4.78 is 6.85. The average Bonchev–Trinajstić information content (AvgIpc) is 3.16. The van der Waals surface area contributed by atoms with Gasteiger partial charge in [0, 0.05) is 18.9 Å². The molecule has 0 bridgehead atoms. The molecule has 32 heavy (non-hydrogen) atoms. The highest BCUT2D eigenvalue weighted by Gasteiger charge is 2.23. The number of methoxy groups -OCH3 is 1. The number of ether oxygens (including phenoxy) is 1. The number of benzene rings is 2. The first-order valence-electron chi connectivity index (χ1n) is 10.2. The number of hydrogen-bond donors (Lipinski definition) is 2. The molecule has 8 heteroatoms. The van der Waals surface area contributed by atoms with Crippen molar-refractivity contribution in [1.82, 2.24) is 15.1 Å². The molecule has 1 aromatic heterocycles. The first kappa shape index (κ1) is 23.4. The molecule has 1 unspecified atom stereocenters. The van der Waals surface area contributed by atoms with E-state index in [-0.39, 0.29) is 18.2 Å². The maximum absolute atomic E-state index is 13.2. The molecular formula is C24H30N4O3S. The quantitative estimate of drug-likeness (QED) is 0.545. The summed E-state index contributed by atoms with van der Waals surface area (Å²) >= 11 is 0. The van der Waals surface area contributed by atoms with Gasteiger partial charge < -0.3 is 15.4 Å². The molecule has 0 fully saturated rings. The minimum Gasteiger partial charge on any atom is -0.497 e. The number of aromatic nitrogens is 2. The molecule has 2 N–H and O–H groups in total. The van der Waals surface area contributed by atoms with Gasteiger partial charge in [-0.05, 0) is 71.2 Å². The topological polar surface area (TPSA) is 85.2 Å². The number of nitrogens with one attached hydrogen (secondary N) is 2. The number of hydrogen-bond acceptors (Lipinski definition) is 4. The fourth-order valence-electron chi connectivity index (χ4n) is 3.22. The van der Waals surface area contributed by atoms with E-state index in [0.717, 1.165) is 5.56 Å². The number of nitrogens with zero attached hydrogens (tertiary/aromatic N) is 2. The fourth-order valence-corrected chi connectivity index (χ4v) is 4.17. The molecular weight excluding hydrogens is 424 g/mol. The summed E-state index contributed by atoms with van der Waals surface area (Å²) in [5.74, 6) is 0.0982. The summed E-state index contributed by atoms with van der Waals surface area (Å²) in [4.78, 5) is 27.1. The van der Waals surface area contributed by atoms with Gasteiger partial charge in [-0.15, -0.1) is 0 Å². The summed E-state index contributed by atoms with van der Waals surface area (Å²) in [7, 11) is 2.53. The lowest BCUT2D eigenvalue weighted by Crippen LogP contribution is -2.37. The van der Waals surface area contributed by atoms with Crippen LogP contribution in [0.4, 0.5) is 5.69 Å². The zero-order chi connectivity index (χ0) is 23.3. The second kappa shape index (κ2) is 9.91. The van der Waals surface area contributed by atoms with Gasteiger partial charge in [0.1, 0.15) is 11.8 Å². The van der Waals surface area contributed by atoms with Gasteiger partial charge in [-0.3, -0.25) is 14.3 Å². The van der Waals surface area contributed by atoms with Crippen LogP contribution in [0.2, 0.25) is 0 Å². The van der Waals surface area contributed by atoms with Gasteiger partial charge >= 0.3 is 0 Å². The molecule has 0 spiro atoms. The predicted molar refractivity (Wildman–Crippen MR) is 129 cm³/mol. The highest BCUT2D eigenvalue weighted by molar-refractivity contribution is 8.32. The van der Waals surface area contributed by atoms with Crippen molar-refractivity contribution in [3.63, 3.8) is 0 Å². The molecule has 2 amide bonds. The van der Waals surface area contributed by atoms with Gasteiger partial charge in [0.25, 0.3) is 5.91 Å². The van der Waals surface area contributed by atoms with Crippen LogP contribution < -0.4 is 15.4 Å². The zero-order valence-corrected chi connectivity index (χ0v) is 19.9. The van der Waals surface area contributed by atoms with E-state index in [1.165, 1.54) is 4.90 Å². The summed E-state index contributed by atoms with van der Waals surface area (Å²) in [5.41, 5.74) is 2.13. The third-order valence-corrected chi connectivity index (χ3v) is 6.66. The Labute approximate surface area is 190 Å². The van der Waals surface area contributed by atoms with Crippen molar-refractivity contribution >= 4 is 27.5 Å². The van der Waals surface area contributed by atoms with E-state index in [1.807, 2.05) is 24.3 Å². The molecule has 0 saturated heterocycles. The van der Waals surface area contributed by atoms with E-state index < -0.39 is 16.1 Å². The Balaban J connectivity index is 1.78. The Morgan fingerprint density at radius 3 is 2.25 bits per heavy atom. The van der Waals surface area contributed by atoms with E-state index in [0.29, 0.717) is 17.0 Å². The number of anilines is 1. The second-order valence-corrected chi connectivity index (χ2v) is 12.5. The van der Waals surface area contributed by atoms with Gasteiger partial charge in [-0.1, -0.05) is 12.1 Å². The lowest BCUT2D eigenvalue weighted by atomic mass is 10.0. The van der Waals surface area contributed by atoms with Crippen LogP contribution in [-0.2, 0) is 23.1 Å². The fraction of sp³-hybridized carbons (Fsp3) is 0.292. The maximum atomic E-state index is 13.2. The molecule has 170 valence electrons. The van der Waals surface area contributed by atoms with Crippen LogP contribution in [0.5, 0.6) is 5.75 Å². The van der Waals surface area contributed by atoms with E-state index in [1.54, 1.807) is 55.5 Å². The number of carbonyl (C=O) groups is 2. The molecule has 0 aliphatic heterocycles. The van der Waals surface area contributed by atoms with Crippen molar-refractivity contribution in [3.8, 4) is 5.75 Å². The Hall–Kier alpha value is -3.26. The Bertz CT molecular complexity index is 1070. The van der Waals surface area contributed by atoms with Crippen LogP contribution in [-0.4, -0.2) is 47.5 Å². The monoisotopic (exact) mass is 454 g/mol. The van der Waals surface area contributed by atoms with Crippen molar-refractivity contribution in [2.45, 2.75) is 17.4 Å². The average molecular weight is 455 g/mol. The number of rotatable bonds is 8. The molecule has 0 aliphatic rings. The van der Waals surface area contributed by atoms with Crippen molar-refractivity contribution in [2.75, 3.05) is 31.2 Å². The molecule has 2 aromatic carbocycles. The van der Waals surface area contributed by atoms with E-state index in [2.05, 4.69) is 34.5 Å². The van der Waals surface area contributed by atoms with E-state index >= 15 is 0 Å². The normalized spacial score (nSPS) is 12.7. The Morgan fingerprint density at radius 1 is 1.06 bits per heavy atom. The minimum absolute atomic E-state index is 0.136. The van der Waals surface area contributed by atoms with Gasteiger partial charge in [-0.2, -0.15) is 5.10 Å². The van der Waals surface area contributed by atoms with Crippen LogP contribution in [0.1, 0.15) is 17.2 Å². The second-order valence-electron chi connectivity index (χ2n) is 8.32. The first-order chi connectivity index (χ1) is 15.2. The van der Waals surface area contributed by atoms with E-state index in [9.17, 15) is 9.59 Å². The highest BCUT2D eigenvalue weighted by Crippen LogP contribution is 2.45. The molecule has 0 radical (unpaired) electrons. The smallest absolute Gasteiger partial charge is 0.251 e. The summed E-state index contributed by atoms with van der Waals surface area (Å²) in [6, 6.07) is 14.1. The molecule has 3 rings (SSSR count). The Kier molecular flexibility index (Phi) is 7.25. The third kappa shape index (κ3) is 6.13.